The molecule has 2 amide bonds. The number of nitrogens with one attached hydrogen (secondary N) is 2. The maximum atomic E-state index is 12.8. The average molecular weight is 477 g/mol. The Balaban J connectivity index is 1.10. The highest BCUT2D eigenvalue weighted by Crippen LogP contribution is 2.44. The van der Waals surface area contributed by atoms with Gasteiger partial charge in [0.15, 0.2) is 0 Å². The van der Waals surface area contributed by atoms with E-state index >= 15 is 0 Å². The number of benzene rings is 2. The Morgan fingerprint density at radius 1 is 1.03 bits per heavy atom. The summed E-state index contributed by atoms with van der Waals surface area (Å²) in [5.74, 6) is -1.66. The SMILES string of the molecule is CC1(NC(=O)[C@@H]2C[C@@H]2CNC(=O)OCC2c3ccccc3-c3ccccc32)CCCCC1C(=O)O. The highest BCUT2D eigenvalue weighted by Gasteiger charge is 2.48. The first-order valence-electron chi connectivity index (χ1n) is 12.5. The summed E-state index contributed by atoms with van der Waals surface area (Å²) in [5, 5.41) is 15.4. The molecule has 0 radical (unpaired) electrons. The fourth-order valence-electron chi connectivity index (χ4n) is 5.91. The quantitative estimate of drug-likeness (QED) is 0.552. The van der Waals surface area contributed by atoms with Gasteiger partial charge in [-0.15, -0.1) is 0 Å². The molecule has 0 aromatic heterocycles. The minimum atomic E-state index is -0.850. The lowest BCUT2D eigenvalue weighted by Gasteiger charge is -2.40. The molecule has 0 spiro atoms. The first-order valence-corrected chi connectivity index (χ1v) is 12.5. The number of carbonyl (C=O) groups is 3. The molecule has 2 aromatic carbocycles. The van der Waals surface area contributed by atoms with Crippen molar-refractivity contribution in [1.82, 2.24) is 10.6 Å². The first-order chi connectivity index (χ1) is 16.9. The van der Waals surface area contributed by atoms with Gasteiger partial charge in [0.2, 0.25) is 5.91 Å². The van der Waals surface area contributed by atoms with E-state index in [4.69, 9.17) is 4.74 Å². The van der Waals surface area contributed by atoms with E-state index in [0.717, 1.165) is 24.0 Å². The predicted molar refractivity (Wildman–Crippen MR) is 131 cm³/mol. The number of fused-ring (bicyclic) bond motifs is 3. The van der Waals surface area contributed by atoms with E-state index in [1.165, 1.54) is 11.1 Å². The molecule has 7 nitrogen and oxygen atoms in total. The van der Waals surface area contributed by atoms with Gasteiger partial charge in [-0.2, -0.15) is 0 Å². The highest BCUT2D eigenvalue weighted by molar-refractivity contribution is 5.84. The van der Waals surface area contributed by atoms with E-state index in [9.17, 15) is 19.5 Å². The summed E-state index contributed by atoms with van der Waals surface area (Å²) < 4.78 is 5.58. The van der Waals surface area contributed by atoms with Crippen molar-refractivity contribution in [3.05, 3.63) is 59.7 Å². The Bertz CT molecular complexity index is 1100. The van der Waals surface area contributed by atoms with E-state index in [1.807, 2.05) is 31.2 Å². The Labute approximate surface area is 205 Å². The van der Waals surface area contributed by atoms with Crippen LogP contribution in [0.5, 0.6) is 0 Å². The van der Waals surface area contributed by atoms with Crippen LogP contribution in [0.4, 0.5) is 4.79 Å². The Hall–Kier alpha value is -3.35. The molecule has 0 saturated heterocycles. The summed E-state index contributed by atoms with van der Waals surface area (Å²) >= 11 is 0. The normalized spacial score (nSPS) is 26.8. The van der Waals surface area contributed by atoms with Crippen LogP contribution in [0.3, 0.4) is 0 Å². The largest absolute Gasteiger partial charge is 0.481 e. The second-order valence-corrected chi connectivity index (χ2v) is 10.4. The standard InChI is InChI=1S/C28H32N2O5/c1-28(13-7-6-12-24(28)26(32)33)30-25(31)22-14-17(22)15-29-27(34)35-16-23-20-10-4-2-8-18(20)19-9-3-5-11-21(19)23/h2-5,8-11,17,22-24H,6-7,12-16H2,1H3,(H,29,34)(H,30,31)(H,32,33)/t17-,22-,24?,28?/m1/s1. The lowest BCUT2D eigenvalue weighted by Crippen LogP contribution is -2.56. The summed E-state index contributed by atoms with van der Waals surface area (Å²) in [6, 6.07) is 16.4. The van der Waals surface area contributed by atoms with Crippen LogP contribution < -0.4 is 10.6 Å². The van der Waals surface area contributed by atoms with Crippen LogP contribution in [0.25, 0.3) is 11.1 Å². The molecular weight excluding hydrogens is 444 g/mol. The number of hydrogen-bond donors (Lipinski definition) is 3. The third-order valence-electron chi connectivity index (χ3n) is 8.03. The van der Waals surface area contributed by atoms with Crippen LogP contribution in [-0.4, -0.2) is 41.8 Å². The van der Waals surface area contributed by atoms with Gasteiger partial charge in [-0.1, -0.05) is 61.4 Å². The maximum absolute atomic E-state index is 12.8. The second kappa shape index (κ2) is 9.36. The maximum Gasteiger partial charge on any atom is 0.407 e. The lowest BCUT2D eigenvalue weighted by atomic mass is 9.74. The van der Waals surface area contributed by atoms with Crippen molar-refractivity contribution in [2.75, 3.05) is 13.2 Å². The smallest absolute Gasteiger partial charge is 0.407 e. The Kier molecular flexibility index (Phi) is 6.26. The van der Waals surface area contributed by atoms with Crippen LogP contribution >= 0.6 is 0 Å². The molecule has 2 fully saturated rings. The van der Waals surface area contributed by atoms with Crippen LogP contribution in [0.1, 0.15) is 56.1 Å². The first kappa shape index (κ1) is 23.4. The lowest BCUT2D eigenvalue weighted by molar-refractivity contribution is -0.146. The van der Waals surface area contributed by atoms with Crippen molar-refractivity contribution in [2.45, 2.75) is 50.5 Å². The molecule has 2 saturated carbocycles. The van der Waals surface area contributed by atoms with Gasteiger partial charge >= 0.3 is 12.1 Å². The van der Waals surface area contributed by atoms with Crippen molar-refractivity contribution in [3.63, 3.8) is 0 Å². The van der Waals surface area contributed by atoms with Crippen LogP contribution in [-0.2, 0) is 14.3 Å². The average Bonchev–Trinajstić information content (AvgIpc) is 3.56. The summed E-state index contributed by atoms with van der Waals surface area (Å²) in [5.41, 5.74) is 3.98. The van der Waals surface area contributed by atoms with Gasteiger partial charge in [0.1, 0.15) is 6.61 Å². The number of carboxylic acid groups (broad SMARTS) is 1. The molecule has 3 aliphatic carbocycles. The molecule has 3 N–H and O–H groups in total. The van der Waals surface area contributed by atoms with Crippen molar-refractivity contribution in [3.8, 4) is 11.1 Å². The monoisotopic (exact) mass is 476 g/mol. The van der Waals surface area contributed by atoms with Gasteiger partial charge in [0.25, 0.3) is 0 Å². The van der Waals surface area contributed by atoms with E-state index in [-0.39, 0.29) is 30.3 Å². The summed E-state index contributed by atoms with van der Waals surface area (Å²) in [6.07, 6.45) is 3.25. The zero-order valence-corrected chi connectivity index (χ0v) is 20.0. The number of carbonyl (C=O) groups excluding carboxylic acids is 2. The molecule has 4 atom stereocenters. The van der Waals surface area contributed by atoms with Crippen LogP contribution in [0.2, 0.25) is 0 Å². The van der Waals surface area contributed by atoms with E-state index < -0.39 is 23.5 Å². The van der Waals surface area contributed by atoms with E-state index in [1.54, 1.807) is 0 Å². The number of amides is 2. The van der Waals surface area contributed by atoms with Crippen molar-refractivity contribution in [1.29, 1.82) is 0 Å². The van der Waals surface area contributed by atoms with Gasteiger partial charge in [-0.25, -0.2) is 4.79 Å². The Morgan fingerprint density at radius 3 is 2.34 bits per heavy atom. The van der Waals surface area contributed by atoms with Crippen LogP contribution in [0, 0.1) is 17.8 Å². The molecule has 0 heterocycles. The number of aliphatic carboxylic acids is 1. The highest BCUT2D eigenvalue weighted by atomic mass is 16.5. The number of hydrogen-bond acceptors (Lipinski definition) is 4. The predicted octanol–water partition coefficient (Wildman–Crippen LogP) is 4.31. The molecule has 5 rings (SSSR count). The van der Waals surface area contributed by atoms with E-state index in [0.29, 0.717) is 25.8 Å². The molecule has 2 aromatic rings. The van der Waals surface area contributed by atoms with Gasteiger partial charge < -0.3 is 20.5 Å². The molecule has 0 aliphatic heterocycles. The molecule has 184 valence electrons. The molecule has 2 unspecified atom stereocenters. The number of rotatable bonds is 7. The number of carboxylic acids is 1. The molecule has 0 bridgehead atoms. The van der Waals surface area contributed by atoms with E-state index in [2.05, 4.69) is 34.9 Å². The number of alkyl carbamates (subject to hydrolysis) is 1. The van der Waals surface area contributed by atoms with Crippen LogP contribution in [0.15, 0.2) is 48.5 Å². The van der Waals surface area contributed by atoms with Gasteiger partial charge in [0, 0.05) is 18.4 Å². The summed E-state index contributed by atoms with van der Waals surface area (Å²) in [6.45, 7) is 2.46. The summed E-state index contributed by atoms with van der Waals surface area (Å²) in [4.78, 5) is 36.9. The minimum absolute atomic E-state index is 0.00557. The summed E-state index contributed by atoms with van der Waals surface area (Å²) in [7, 11) is 0. The number of ether oxygens (including phenoxy) is 1. The fourth-order valence-corrected chi connectivity index (χ4v) is 5.91. The second-order valence-electron chi connectivity index (χ2n) is 10.4. The van der Waals surface area contributed by atoms with Gasteiger partial charge in [0.05, 0.1) is 11.5 Å². The molecule has 35 heavy (non-hydrogen) atoms. The molecule has 7 heteroatoms. The van der Waals surface area contributed by atoms with Crippen molar-refractivity contribution in [2.24, 2.45) is 17.8 Å². The molecular formula is C28H32N2O5. The van der Waals surface area contributed by atoms with Crippen molar-refractivity contribution < 1.29 is 24.2 Å². The third-order valence-corrected chi connectivity index (χ3v) is 8.03. The van der Waals surface area contributed by atoms with Crippen molar-refractivity contribution >= 4 is 18.0 Å². The third kappa shape index (κ3) is 4.64. The zero-order valence-electron chi connectivity index (χ0n) is 20.0. The fraction of sp³-hybridized carbons (Fsp3) is 0.464. The van der Waals surface area contributed by atoms with Gasteiger partial charge in [-0.3, -0.25) is 9.59 Å². The zero-order chi connectivity index (χ0) is 24.6. The minimum Gasteiger partial charge on any atom is -0.481 e. The Morgan fingerprint density at radius 2 is 1.69 bits per heavy atom. The van der Waals surface area contributed by atoms with Gasteiger partial charge in [-0.05, 0) is 54.4 Å². The topological polar surface area (TPSA) is 105 Å². The molecule has 3 aliphatic rings.